The number of thiazole rings is 1. The van der Waals surface area contributed by atoms with Gasteiger partial charge in [0.25, 0.3) is 5.91 Å². The van der Waals surface area contributed by atoms with Crippen molar-refractivity contribution in [1.82, 2.24) is 10.3 Å². The Morgan fingerprint density at radius 1 is 1.25 bits per heavy atom. The van der Waals surface area contributed by atoms with Crippen LogP contribution in [0.5, 0.6) is 5.75 Å². The van der Waals surface area contributed by atoms with Gasteiger partial charge in [0.05, 0.1) is 0 Å². The van der Waals surface area contributed by atoms with E-state index in [0.29, 0.717) is 46.1 Å². The molecule has 2 aromatic carbocycles. The predicted octanol–water partition coefficient (Wildman–Crippen LogP) is 5.57. The van der Waals surface area contributed by atoms with Crippen LogP contribution in [-0.4, -0.2) is 17.4 Å². The third kappa shape index (κ3) is 5.30. The normalized spacial score (nSPS) is 10.9. The zero-order valence-corrected chi connectivity index (χ0v) is 17.1. The molecule has 28 heavy (non-hydrogen) atoms. The summed E-state index contributed by atoms with van der Waals surface area (Å²) in [6, 6.07) is 11.9. The van der Waals surface area contributed by atoms with Gasteiger partial charge >= 0.3 is 0 Å². The summed E-state index contributed by atoms with van der Waals surface area (Å²) in [5, 5.41) is 5.55. The number of ether oxygens (including phenoxy) is 1. The number of halogens is 2. The third-order valence-corrected chi connectivity index (χ3v) is 5.02. The lowest BCUT2D eigenvalue weighted by Crippen LogP contribution is -2.27. The van der Waals surface area contributed by atoms with Crippen LogP contribution in [0.15, 0.2) is 47.8 Å². The van der Waals surface area contributed by atoms with Gasteiger partial charge in [0.1, 0.15) is 28.9 Å². The Kier molecular flexibility index (Phi) is 6.65. The monoisotopic (exact) mass is 418 g/mol. The minimum atomic E-state index is -0.447. The van der Waals surface area contributed by atoms with Crippen molar-refractivity contribution in [3.8, 4) is 16.3 Å². The van der Waals surface area contributed by atoms with Gasteiger partial charge in [-0.2, -0.15) is 0 Å². The van der Waals surface area contributed by atoms with Gasteiger partial charge in [0.2, 0.25) is 0 Å². The molecule has 0 aliphatic rings. The highest BCUT2D eigenvalue weighted by molar-refractivity contribution is 7.13. The molecule has 1 N–H and O–H groups in total. The Labute approximate surface area is 172 Å². The average Bonchev–Trinajstić information content (AvgIpc) is 3.15. The van der Waals surface area contributed by atoms with Crippen LogP contribution in [0, 0.1) is 11.7 Å². The van der Waals surface area contributed by atoms with E-state index in [-0.39, 0.29) is 5.91 Å². The van der Waals surface area contributed by atoms with Gasteiger partial charge in [0.15, 0.2) is 0 Å². The lowest BCUT2D eigenvalue weighted by molar-refractivity contribution is 0.0945. The van der Waals surface area contributed by atoms with E-state index in [2.05, 4.69) is 10.3 Å². The summed E-state index contributed by atoms with van der Waals surface area (Å²) in [6.45, 7) is 4.91. The molecule has 1 aromatic heterocycles. The summed E-state index contributed by atoms with van der Waals surface area (Å²) in [5.41, 5.74) is 1.57. The number of hydrogen-bond donors (Lipinski definition) is 1. The molecule has 0 radical (unpaired) electrons. The molecule has 1 amide bonds. The molecule has 7 heteroatoms. The average molecular weight is 419 g/mol. The maximum atomic E-state index is 14.5. The molecule has 1 heterocycles. The molecule has 0 aliphatic heterocycles. The third-order valence-electron chi connectivity index (χ3n) is 3.90. The molecular formula is C21H20ClFN2O2S. The summed E-state index contributed by atoms with van der Waals surface area (Å²) in [6.07, 6.45) is 0. The fourth-order valence-electron chi connectivity index (χ4n) is 2.40. The predicted molar refractivity (Wildman–Crippen MR) is 110 cm³/mol. The smallest absolute Gasteiger partial charge is 0.270 e. The Bertz CT molecular complexity index is 957. The van der Waals surface area contributed by atoms with Gasteiger partial charge in [-0.3, -0.25) is 4.79 Å². The quantitative estimate of drug-likeness (QED) is 0.545. The number of aromatic nitrogens is 1. The number of nitrogens with one attached hydrogen (secondary N) is 1. The van der Waals surface area contributed by atoms with Gasteiger partial charge in [0, 0.05) is 28.6 Å². The van der Waals surface area contributed by atoms with Gasteiger partial charge in [-0.15, -0.1) is 11.3 Å². The van der Waals surface area contributed by atoms with Crippen molar-refractivity contribution in [3.05, 3.63) is 69.9 Å². The first-order chi connectivity index (χ1) is 13.4. The highest BCUT2D eigenvalue weighted by Crippen LogP contribution is 2.29. The van der Waals surface area contributed by atoms with Crippen LogP contribution in [-0.2, 0) is 6.61 Å². The molecule has 0 aliphatic carbocycles. The minimum absolute atomic E-state index is 0.250. The van der Waals surface area contributed by atoms with Crippen molar-refractivity contribution in [3.63, 3.8) is 0 Å². The second kappa shape index (κ2) is 9.17. The molecular weight excluding hydrogens is 399 g/mol. The van der Waals surface area contributed by atoms with Crippen molar-refractivity contribution < 1.29 is 13.9 Å². The molecule has 0 saturated heterocycles. The van der Waals surface area contributed by atoms with Crippen molar-refractivity contribution >= 4 is 28.8 Å². The maximum absolute atomic E-state index is 14.5. The summed E-state index contributed by atoms with van der Waals surface area (Å²) in [4.78, 5) is 16.3. The summed E-state index contributed by atoms with van der Waals surface area (Å²) < 4.78 is 20.2. The molecule has 3 rings (SSSR count). The summed E-state index contributed by atoms with van der Waals surface area (Å²) in [7, 11) is 0. The number of benzene rings is 2. The Hall–Kier alpha value is -2.44. The van der Waals surface area contributed by atoms with Crippen LogP contribution >= 0.6 is 22.9 Å². The van der Waals surface area contributed by atoms with Gasteiger partial charge in [-0.25, -0.2) is 9.37 Å². The molecule has 0 bridgehead atoms. The first-order valence-corrected chi connectivity index (χ1v) is 10.1. The lowest BCUT2D eigenvalue weighted by Gasteiger charge is -2.08. The van der Waals surface area contributed by atoms with Crippen LogP contribution < -0.4 is 10.1 Å². The van der Waals surface area contributed by atoms with Crippen LogP contribution in [0.2, 0.25) is 5.02 Å². The number of carbonyl (C=O) groups excluding carboxylic acids is 1. The van der Waals surface area contributed by atoms with Gasteiger partial charge < -0.3 is 10.1 Å². The standard InChI is InChI=1S/C21H20ClFN2O2S/c1-13(2)10-24-20(26)19-12-28-21(25-19)17-8-7-16(9-18(17)23)27-11-14-3-5-15(22)6-4-14/h3-9,12-13H,10-11H2,1-2H3,(H,24,26). The topological polar surface area (TPSA) is 51.2 Å². The zero-order valence-electron chi connectivity index (χ0n) is 15.5. The van der Waals surface area contributed by atoms with Crippen LogP contribution in [0.3, 0.4) is 0 Å². The van der Waals surface area contributed by atoms with E-state index in [1.807, 2.05) is 26.0 Å². The highest BCUT2D eigenvalue weighted by Gasteiger charge is 2.15. The van der Waals surface area contributed by atoms with E-state index in [4.69, 9.17) is 16.3 Å². The van der Waals surface area contributed by atoms with E-state index in [9.17, 15) is 9.18 Å². The van der Waals surface area contributed by atoms with Crippen molar-refractivity contribution in [1.29, 1.82) is 0 Å². The molecule has 4 nitrogen and oxygen atoms in total. The number of nitrogens with zero attached hydrogens (tertiary/aromatic N) is 1. The van der Waals surface area contributed by atoms with E-state index in [1.165, 1.54) is 17.4 Å². The number of carbonyl (C=O) groups is 1. The van der Waals surface area contributed by atoms with Crippen LogP contribution in [0.4, 0.5) is 4.39 Å². The Balaban J connectivity index is 1.67. The molecule has 0 spiro atoms. The molecule has 0 unspecified atom stereocenters. The van der Waals surface area contributed by atoms with E-state index >= 15 is 0 Å². The molecule has 0 atom stereocenters. The van der Waals surface area contributed by atoms with Crippen LogP contribution in [0.25, 0.3) is 10.6 Å². The number of rotatable bonds is 7. The molecule has 146 valence electrons. The van der Waals surface area contributed by atoms with Crippen molar-refractivity contribution in [2.45, 2.75) is 20.5 Å². The second-order valence-electron chi connectivity index (χ2n) is 6.70. The summed E-state index contributed by atoms with van der Waals surface area (Å²) >= 11 is 7.09. The SMILES string of the molecule is CC(C)CNC(=O)c1csc(-c2ccc(OCc3ccc(Cl)cc3)cc2F)n1. The first kappa shape index (κ1) is 20.3. The fraction of sp³-hybridized carbons (Fsp3) is 0.238. The minimum Gasteiger partial charge on any atom is -0.489 e. The molecule has 0 fully saturated rings. The number of hydrogen-bond acceptors (Lipinski definition) is 4. The van der Waals surface area contributed by atoms with Crippen molar-refractivity contribution in [2.24, 2.45) is 5.92 Å². The first-order valence-electron chi connectivity index (χ1n) is 8.83. The highest BCUT2D eigenvalue weighted by atomic mass is 35.5. The van der Waals surface area contributed by atoms with Gasteiger partial charge in [-0.05, 0) is 35.7 Å². The molecule has 3 aromatic rings. The zero-order chi connectivity index (χ0) is 20.1. The largest absolute Gasteiger partial charge is 0.489 e. The van der Waals surface area contributed by atoms with Crippen molar-refractivity contribution in [2.75, 3.05) is 6.54 Å². The Morgan fingerprint density at radius 3 is 2.68 bits per heavy atom. The van der Waals surface area contributed by atoms with E-state index in [0.717, 1.165) is 5.56 Å². The lowest BCUT2D eigenvalue weighted by atomic mass is 10.2. The number of amides is 1. The molecule has 0 saturated carbocycles. The van der Waals surface area contributed by atoms with Gasteiger partial charge in [-0.1, -0.05) is 37.6 Å². The van der Waals surface area contributed by atoms with E-state index in [1.54, 1.807) is 29.6 Å². The Morgan fingerprint density at radius 2 is 2.00 bits per heavy atom. The van der Waals surface area contributed by atoms with Crippen LogP contribution in [0.1, 0.15) is 29.9 Å². The second-order valence-corrected chi connectivity index (χ2v) is 7.99. The van der Waals surface area contributed by atoms with E-state index < -0.39 is 5.82 Å². The summed E-state index contributed by atoms with van der Waals surface area (Å²) in [5.74, 6) is 0.0687. The fourth-order valence-corrected chi connectivity index (χ4v) is 3.35. The maximum Gasteiger partial charge on any atom is 0.270 e.